The van der Waals surface area contributed by atoms with Crippen molar-refractivity contribution in [1.82, 2.24) is 0 Å². The molecule has 0 spiro atoms. The molecule has 0 bridgehead atoms. The second-order valence-electron chi connectivity index (χ2n) is 2.44. The summed E-state index contributed by atoms with van der Waals surface area (Å²) in [6, 6.07) is 8.04. The molecule has 0 amide bonds. The maximum Gasteiger partial charge on any atom is 0.161 e. The number of para-hydroxylation sites is 2. The van der Waals surface area contributed by atoms with Crippen LogP contribution >= 0.6 is 0 Å². The Balaban J connectivity index is 0.000000336. The lowest BCUT2D eigenvalue weighted by Gasteiger charge is -2.05. The van der Waals surface area contributed by atoms with E-state index in [2.05, 4.69) is 11.0 Å². The van der Waals surface area contributed by atoms with E-state index in [1.165, 1.54) is 5.69 Å². The van der Waals surface area contributed by atoms with E-state index in [1.54, 1.807) is 0 Å². The van der Waals surface area contributed by atoms with Gasteiger partial charge in [0.2, 0.25) is 0 Å². The molecular formula is C10H15NO. The van der Waals surface area contributed by atoms with Gasteiger partial charge in [-0.2, -0.15) is 0 Å². The molecule has 0 saturated heterocycles. The molecule has 0 N–H and O–H groups in total. The van der Waals surface area contributed by atoms with Crippen LogP contribution in [0.1, 0.15) is 13.8 Å². The van der Waals surface area contributed by atoms with Crippen LogP contribution in [0.5, 0.6) is 5.75 Å². The lowest BCUT2D eigenvalue weighted by molar-refractivity contribution is 0.353. The van der Waals surface area contributed by atoms with E-state index in [1.807, 2.05) is 39.1 Å². The van der Waals surface area contributed by atoms with Crippen molar-refractivity contribution >= 4 is 5.69 Å². The number of hydrogen-bond acceptors (Lipinski definition) is 2. The molecule has 1 aromatic rings. The third-order valence-electron chi connectivity index (χ3n) is 1.69. The van der Waals surface area contributed by atoms with Crippen LogP contribution in [0.3, 0.4) is 0 Å². The van der Waals surface area contributed by atoms with Gasteiger partial charge in [0.25, 0.3) is 0 Å². The van der Waals surface area contributed by atoms with Crippen LogP contribution in [-0.2, 0) is 0 Å². The molecule has 66 valence electrons. The summed E-state index contributed by atoms with van der Waals surface area (Å²) in [6.07, 6.45) is 0. The van der Waals surface area contributed by atoms with Crippen LogP contribution in [0.15, 0.2) is 24.3 Å². The summed E-state index contributed by atoms with van der Waals surface area (Å²) >= 11 is 0. The first-order valence-electron chi connectivity index (χ1n) is 4.31. The van der Waals surface area contributed by atoms with Crippen LogP contribution in [0.25, 0.3) is 0 Å². The molecule has 1 aliphatic heterocycles. The first-order valence-corrected chi connectivity index (χ1v) is 4.31. The summed E-state index contributed by atoms with van der Waals surface area (Å²) < 4.78 is 5.34. The quantitative estimate of drug-likeness (QED) is 0.585. The van der Waals surface area contributed by atoms with Gasteiger partial charge in [0.15, 0.2) is 6.73 Å². The Morgan fingerprint density at radius 1 is 1.25 bits per heavy atom. The van der Waals surface area contributed by atoms with Gasteiger partial charge in [-0.1, -0.05) is 26.0 Å². The van der Waals surface area contributed by atoms with E-state index < -0.39 is 0 Å². The van der Waals surface area contributed by atoms with Crippen molar-refractivity contribution in [3.05, 3.63) is 24.3 Å². The van der Waals surface area contributed by atoms with Crippen molar-refractivity contribution in [2.45, 2.75) is 13.8 Å². The minimum atomic E-state index is 0.680. The maximum atomic E-state index is 5.34. The van der Waals surface area contributed by atoms with Crippen LogP contribution in [0.2, 0.25) is 0 Å². The summed E-state index contributed by atoms with van der Waals surface area (Å²) in [7, 11) is 2.02. The molecule has 0 aromatic heterocycles. The van der Waals surface area contributed by atoms with Gasteiger partial charge in [-0.25, -0.2) is 0 Å². The highest BCUT2D eigenvalue weighted by Gasteiger charge is 2.14. The van der Waals surface area contributed by atoms with Gasteiger partial charge in [-0.05, 0) is 12.1 Å². The number of rotatable bonds is 0. The second kappa shape index (κ2) is 4.00. The van der Waals surface area contributed by atoms with E-state index in [4.69, 9.17) is 4.74 Å². The number of nitrogens with zero attached hydrogens (tertiary/aromatic N) is 1. The molecule has 1 aliphatic rings. The zero-order chi connectivity index (χ0) is 8.97. The molecule has 2 heteroatoms. The van der Waals surface area contributed by atoms with Gasteiger partial charge in [-0.3, -0.25) is 0 Å². The minimum absolute atomic E-state index is 0.680. The molecule has 0 atom stereocenters. The molecule has 2 nitrogen and oxygen atoms in total. The highest BCUT2D eigenvalue weighted by atomic mass is 16.5. The SMILES string of the molecule is CC.CN1COc2ccccc21. The smallest absolute Gasteiger partial charge is 0.161 e. The van der Waals surface area contributed by atoms with Crippen LogP contribution in [-0.4, -0.2) is 13.8 Å². The zero-order valence-electron chi connectivity index (χ0n) is 7.87. The van der Waals surface area contributed by atoms with Crippen molar-refractivity contribution < 1.29 is 4.74 Å². The fourth-order valence-electron chi connectivity index (χ4n) is 1.13. The second-order valence-corrected chi connectivity index (χ2v) is 2.44. The Labute approximate surface area is 73.8 Å². The topological polar surface area (TPSA) is 12.5 Å². The summed E-state index contributed by atoms with van der Waals surface area (Å²) in [5.41, 5.74) is 1.18. The van der Waals surface area contributed by atoms with Crippen molar-refractivity contribution in [3.63, 3.8) is 0 Å². The fraction of sp³-hybridized carbons (Fsp3) is 0.400. The lowest BCUT2D eigenvalue weighted by atomic mass is 10.3. The molecule has 0 aliphatic carbocycles. The first kappa shape index (κ1) is 8.91. The lowest BCUT2D eigenvalue weighted by Crippen LogP contribution is -2.14. The van der Waals surface area contributed by atoms with Gasteiger partial charge in [0.1, 0.15) is 5.75 Å². The summed E-state index contributed by atoms with van der Waals surface area (Å²) in [4.78, 5) is 2.08. The van der Waals surface area contributed by atoms with Crippen molar-refractivity contribution in [2.24, 2.45) is 0 Å². The van der Waals surface area contributed by atoms with Gasteiger partial charge >= 0.3 is 0 Å². The van der Waals surface area contributed by atoms with Crippen LogP contribution in [0.4, 0.5) is 5.69 Å². The Kier molecular flexibility index (Phi) is 2.97. The van der Waals surface area contributed by atoms with E-state index in [-0.39, 0.29) is 0 Å². The zero-order valence-corrected chi connectivity index (χ0v) is 7.87. The molecule has 12 heavy (non-hydrogen) atoms. The van der Waals surface area contributed by atoms with E-state index in [0.717, 1.165) is 5.75 Å². The highest BCUT2D eigenvalue weighted by Crippen LogP contribution is 2.31. The van der Waals surface area contributed by atoms with Gasteiger partial charge in [0.05, 0.1) is 5.69 Å². The van der Waals surface area contributed by atoms with Gasteiger partial charge < -0.3 is 9.64 Å². The highest BCUT2D eigenvalue weighted by molar-refractivity contribution is 5.60. The largest absolute Gasteiger partial charge is 0.471 e. The minimum Gasteiger partial charge on any atom is -0.471 e. The number of anilines is 1. The molecule has 0 saturated carbocycles. The summed E-state index contributed by atoms with van der Waals surface area (Å²) in [6.45, 7) is 4.68. The molecule has 1 heterocycles. The monoisotopic (exact) mass is 165 g/mol. The van der Waals surface area contributed by atoms with Gasteiger partial charge in [-0.15, -0.1) is 0 Å². The van der Waals surface area contributed by atoms with Crippen molar-refractivity contribution in [1.29, 1.82) is 0 Å². The third kappa shape index (κ3) is 1.52. The predicted octanol–water partition coefficient (Wildman–Crippen LogP) is 2.50. The van der Waals surface area contributed by atoms with Gasteiger partial charge in [0, 0.05) is 7.05 Å². The standard InChI is InChI=1S/C8H9NO.C2H6/c1-9-6-10-8-5-3-2-4-7(8)9;1-2/h2-5H,6H2,1H3;1-2H3. The number of benzene rings is 1. The van der Waals surface area contributed by atoms with E-state index in [9.17, 15) is 0 Å². The van der Waals surface area contributed by atoms with E-state index in [0.29, 0.717) is 6.73 Å². The molecule has 1 aromatic carbocycles. The third-order valence-corrected chi connectivity index (χ3v) is 1.69. The molecule has 0 unspecified atom stereocenters. The molecule has 0 fully saturated rings. The Bertz CT molecular complexity index is 247. The molecule has 2 rings (SSSR count). The summed E-state index contributed by atoms with van der Waals surface area (Å²) in [5, 5.41) is 0. The van der Waals surface area contributed by atoms with Crippen molar-refractivity contribution in [3.8, 4) is 5.75 Å². The Morgan fingerprint density at radius 3 is 2.58 bits per heavy atom. The molecular weight excluding hydrogens is 150 g/mol. The normalized spacial score (nSPS) is 12.8. The fourth-order valence-corrected chi connectivity index (χ4v) is 1.13. The average Bonchev–Trinajstić information content (AvgIpc) is 2.53. The van der Waals surface area contributed by atoms with Crippen molar-refractivity contribution in [2.75, 3.05) is 18.7 Å². The number of ether oxygens (including phenoxy) is 1. The molecule has 0 radical (unpaired) electrons. The predicted molar refractivity (Wildman–Crippen MR) is 51.7 cm³/mol. The first-order chi connectivity index (χ1) is 5.88. The average molecular weight is 165 g/mol. The Morgan fingerprint density at radius 2 is 1.92 bits per heavy atom. The Hall–Kier alpha value is -1.18. The summed E-state index contributed by atoms with van der Waals surface area (Å²) in [5.74, 6) is 0.991. The van der Waals surface area contributed by atoms with Crippen LogP contribution < -0.4 is 9.64 Å². The van der Waals surface area contributed by atoms with Crippen LogP contribution in [0, 0.1) is 0 Å². The maximum absolute atomic E-state index is 5.34. The number of hydrogen-bond donors (Lipinski definition) is 0. The van der Waals surface area contributed by atoms with E-state index >= 15 is 0 Å². The number of fused-ring (bicyclic) bond motifs is 1.